The largest absolute Gasteiger partial charge is 0.497 e. The minimum absolute atomic E-state index is 0.0123. The molecule has 0 radical (unpaired) electrons. The summed E-state index contributed by atoms with van der Waals surface area (Å²) in [4.78, 5) is 33.0. The van der Waals surface area contributed by atoms with Gasteiger partial charge >= 0.3 is 0 Å². The van der Waals surface area contributed by atoms with Crippen LogP contribution in [0.1, 0.15) is 5.56 Å². The van der Waals surface area contributed by atoms with Gasteiger partial charge in [0.2, 0.25) is 11.8 Å². The number of carbonyl (C=O) groups excluding carboxylic acids is 2. The predicted molar refractivity (Wildman–Crippen MR) is 115 cm³/mol. The normalized spacial score (nSPS) is 31.9. The zero-order valence-electron chi connectivity index (χ0n) is 17.9. The molecule has 4 aliphatic rings. The molecule has 1 aromatic rings. The number of hydrogen-bond donors (Lipinski definition) is 0. The van der Waals surface area contributed by atoms with Gasteiger partial charge in [-0.3, -0.25) is 14.5 Å². The van der Waals surface area contributed by atoms with Gasteiger partial charge in [0.05, 0.1) is 31.6 Å². The number of amides is 2. The van der Waals surface area contributed by atoms with Crippen molar-refractivity contribution in [2.24, 2.45) is 11.8 Å². The van der Waals surface area contributed by atoms with Gasteiger partial charge in [-0.1, -0.05) is 30.4 Å². The number of rotatable bonds is 6. The highest BCUT2D eigenvalue weighted by atomic mass is 16.5. The number of fused-ring (bicyclic) bond motifs is 1. The molecule has 0 saturated carbocycles. The zero-order valence-corrected chi connectivity index (χ0v) is 17.9. The lowest BCUT2D eigenvalue weighted by Gasteiger charge is -2.37. The van der Waals surface area contributed by atoms with Crippen LogP contribution in [0.5, 0.6) is 5.75 Å². The first-order chi connectivity index (χ1) is 15.0. The first-order valence-corrected chi connectivity index (χ1v) is 11.0. The van der Waals surface area contributed by atoms with Crippen molar-refractivity contribution in [1.29, 1.82) is 0 Å². The topological polar surface area (TPSA) is 62.3 Å². The van der Waals surface area contributed by atoms with E-state index in [-0.39, 0.29) is 17.9 Å². The van der Waals surface area contributed by atoms with Crippen molar-refractivity contribution >= 4 is 11.8 Å². The highest BCUT2D eigenvalue weighted by molar-refractivity contribution is 5.93. The van der Waals surface area contributed by atoms with E-state index in [0.29, 0.717) is 26.2 Å². The Labute approximate surface area is 182 Å². The van der Waals surface area contributed by atoms with E-state index in [2.05, 4.69) is 11.5 Å². The van der Waals surface area contributed by atoms with Crippen LogP contribution in [0.4, 0.5) is 0 Å². The van der Waals surface area contributed by atoms with E-state index in [0.717, 1.165) is 30.9 Å². The average molecular weight is 424 g/mol. The van der Waals surface area contributed by atoms with Crippen molar-refractivity contribution in [3.05, 3.63) is 54.6 Å². The Bertz CT molecular complexity index is 923. The molecule has 4 aliphatic heterocycles. The van der Waals surface area contributed by atoms with Gasteiger partial charge in [0.1, 0.15) is 11.4 Å². The molecule has 164 valence electrons. The van der Waals surface area contributed by atoms with E-state index in [9.17, 15) is 9.59 Å². The molecular weight excluding hydrogens is 394 g/mol. The summed E-state index contributed by atoms with van der Waals surface area (Å²) in [6.07, 6.45) is 5.59. The number of benzene rings is 1. The Balaban J connectivity index is 1.32. The first kappa shape index (κ1) is 20.3. The van der Waals surface area contributed by atoms with E-state index in [1.54, 1.807) is 7.11 Å². The van der Waals surface area contributed by atoms with Crippen LogP contribution in [-0.4, -0.2) is 84.6 Å². The number of piperazine rings is 1. The van der Waals surface area contributed by atoms with Gasteiger partial charge in [-0.2, -0.15) is 0 Å². The van der Waals surface area contributed by atoms with Gasteiger partial charge < -0.3 is 19.3 Å². The molecule has 0 N–H and O–H groups in total. The van der Waals surface area contributed by atoms with Gasteiger partial charge in [-0.15, -0.1) is 6.58 Å². The highest BCUT2D eigenvalue weighted by Gasteiger charge is 2.67. The second-order valence-electron chi connectivity index (χ2n) is 8.86. The molecule has 3 fully saturated rings. The van der Waals surface area contributed by atoms with Crippen molar-refractivity contribution in [3.8, 4) is 5.75 Å². The Hall–Kier alpha value is -2.64. The lowest BCUT2D eigenvalue weighted by molar-refractivity contribution is -0.144. The molecule has 1 aromatic carbocycles. The van der Waals surface area contributed by atoms with Crippen molar-refractivity contribution in [2.45, 2.75) is 18.2 Å². The maximum Gasteiger partial charge on any atom is 0.230 e. The van der Waals surface area contributed by atoms with E-state index in [4.69, 9.17) is 9.47 Å². The Morgan fingerprint density at radius 1 is 1.32 bits per heavy atom. The molecule has 0 aromatic heterocycles. The Kier molecular flexibility index (Phi) is 5.10. The number of nitrogens with zero attached hydrogens (tertiary/aromatic N) is 3. The third-order valence-electron chi connectivity index (χ3n) is 7.04. The van der Waals surface area contributed by atoms with Crippen LogP contribution in [0.25, 0.3) is 0 Å². The zero-order chi connectivity index (χ0) is 21.6. The second kappa shape index (κ2) is 7.80. The Morgan fingerprint density at radius 3 is 2.87 bits per heavy atom. The molecule has 2 unspecified atom stereocenters. The molecule has 4 heterocycles. The fourth-order valence-electron chi connectivity index (χ4n) is 5.53. The van der Waals surface area contributed by atoms with Gasteiger partial charge in [-0.25, -0.2) is 0 Å². The lowest BCUT2D eigenvalue weighted by Crippen LogP contribution is -2.53. The summed E-state index contributed by atoms with van der Waals surface area (Å²) in [6.45, 7) is 8.62. The summed E-state index contributed by atoms with van der Waals surface area (Å²) >= 11 is 0. The molecule has 7 nitrogen and oxygen atoms in total. The molecule has 2 amide bonds. The molecule has 4 atom stereocenters. The smallest absolute Gasteiger partial charge is 0.230 e. The van der Waals surface area contributed by atoms with E-state index < -0.39 is 17.4 Å². The molecule has 1 spiro atoms. The van der Waals surface area contributed by atoms with Crippen LogP contribution in [0.3, 0.4) is 0 Å². The third kappa shape index (κ3) is 3.36. The SMILES string of the molecule is C=CCN1CCN(C(=O)C2C3C(=O)N(Cc4cccc(OC)c4)C[C@]34C=C[C@H]2O4)CC1. The molecule has 0 aliphatic carbocycles. The fraction of sp³-hybridized carbons (Fsp3) is 0.500. The van der Waals surface area contributed by atoms with Crippen LogP contribution >= 0.6 is 0 Å². The molecule has 31 heavy (non-hydrogen) atoms. The molecule has 7 heteroatoms. The van der Waals surface area contributed by atoms with Crippen LogP contribution in [0.2, 0.25) is 0 Å². The summed E-state index contributed by atoms with van der Waals surface area (Å²) < 4.78 is 11.6. The van der Waals surface area contributed by atoms with Gasteiger partial charge in [-0.05, 0) is 17.7 Å². The first-order valence-electron chi connectivity index (χ1n) is 11.0. The standard InChI is InChI=1S/C24H29N3O4/c1-3-9-25-10-12-26(13-11-25)22(28)20-19-7-8-24(31-19)16-27(23(29)21(20)24)15-17-5-4-6-18(14-17)30-2/h3-8,14,19-21H,1,9-13,15-16H2,2H3/t19-,20?,21?,24-/m1/s1. The summed E-state index contributed by atoms with van der Waals surface area (Å²) in [6, 6.07) is 7.74. The lowest BCUT2D eigenvalue weighted by atomic mass is 9.76. The van der Waals surface area contributed by atoms with Crippen LogP contribution in [-0.2, 0) is 20.9 Å². The van der Waals surface area contributed by atoms with Crippen molar-refractivity contribution < 1.29 is 19.1 Å². The summed E-state index contributed by atoms with van der Waals surface area (Å²) in [7, 11) is 1.63. The predicted octanol–water partition coefficient (Wildman–Crippen LogP) is 1.31. The van der Waals surface area contributed by atoms with E-state index >= 15 is 0 Å². The van der Waals surface area contributed by atoms with Gasteiger partial charge in [0, 0.05) is 39.3 Å². The van der Waals surface area contributed by atoms with E-state index in [1.165, 1.54) is 0 Å². The van der Waals surface area contributed by atoms with Crippen molar-refractivity contribution in [1.82, 2.24) is 14.7 Å². The monoisotopic (exact) mass is 423 g/mol. The van der Waals surface area contributed by atoms with Crippen molar-refractivity contribution in [2.75, 3.05) is 46.4 Å². The van der Waals surface area contributed by atoms with Crippen LogP contribution in [0, 0.1) is 11.8 Å². The Morgan fingerprint density at radius 2 is 2.13 bits per heavy atom. The van der Waals surface area contributed by atoms with Crippen molar-refractivity contribution in [3.63, 3.8) is 0 Å². The number of methoxy groups -OCH3 is 1. The number of hydrogen-bond acceptors (Lipinski definition) is 5. The number of likely N-dealkylation sites (tertiary alicyclic amines) is 1. The molecule has 5 rings (SSSR count). The van der Waals surface area contributed by atoms with Crippen LogP contribution < -0.4 is 4.74 Å². The van der Waals surface area contributed by atoms with Gasteiger partial charge in [0.15, 0.2) is 0 Å². The minimum Gasteiger partial charge on any atom is -0.497 e. The summed E-state index contributed by atoms with van der Waals surface area (Å²) in [5, 5.41) is 0. The maximum atomic E-state index is 13.5. The average Bonchev–Trinajstić information content (AvgIpc) is 3.42. The molecule has 2 bridgehead atoms. The molecule has 3 saturated heterocycles. The minimum atomic E-state index is -0.675. The van der Waals surface area contributed by atoms with Crippen LogP contribution in [0.15, 0.2) is 49.1 Å². The summed E-state index contributed by atoms with van der Waals surface area (Å²) in [5.74, 6) is -0.0387. The summed E-state index contributed by atoms with van der Waals surface area (Å²) in [5.41, 5.74) is 0.329. The quantitative estimate of drug-likeness (QED) is 0.646. The number of ether oxygens (including phenoxy) is 2. The third-order valence-corrected chi connectivity index (χ3v) is 7.04. The fourth-order valence-corrected chi connectivity index (χ4v) is 5.53. The molecular formula is C24H29N3O4. The second-order valence-corrected chi connectivity index (χ2v) is 8.86. The van der Waals surface area contributed by atoms with Gasteiger partial charge in [0.25, 0.3) is 0 Å². The highest BCUT2D eigenvalue weighted by Crippen LogP contribution is 2.52. The maximum absolute atomic E-state index is 13.5. The van der Waals surface area contributed by atoms with E-state index in [1.807, 2.05) is 52.3 Å². The number of carbonyl (C=O) groups is 2.